The van der Waals surface area contributed by atoms with Crippen molar-refractivity contribution in [2.24, 2.45) is 29.6 Å². The molecule has 0 aromatic carbocycles. The van der Waals surface area contributed by atoms with Gasteiger partial charge in [-0.1, -0.05) is 18.2 Å². The van der Waals surface area contributed by atoms with E-state index < -0.39 is 42.0 Å². The number of rotatable bonds is 3. The van der Waals surface area contributed by atoms with Crippen molar-refractivity contribution in [3.8, 4) is 11.5 Å². The van der Waals surface area contributed by atoms with Crippen molar-refractivity contribution in [1.29, 1.82) is 0 Å². The summed E-state index contributed by atoms with van der Waals surface area (Å²) in [5.74, 6) is -2.50. The van der Waals surface area contributed by atoms with Gasteiger partial charge in [-0.2, -0.15) is 13.2 Å². The van der Waals surface area contributed by atoms with Gasteiger partial charge in [-0.05, 0) is 49.0 Å². The number of allylic oxidation sites excluding steroid dienone is 3. The van der Waals surface area contributed by atoms with Crippen molar-refractivity contribution in [2.45, 2.75) is 37.5 Å². The molecular weight excluding hydrogens is 429 g/mol. The zero-order valence-electron chi connectivity index (χ0n) is 16.6. The van der Waals surface area contributed by atoms with Crippen LogP contribution in [-0.2, 0) is 4.79 Å². The maximum absolute atomic E-state index is 13.4. The third-order valence-electron chi connectivity index (χ3n) is 8.02. The molecule has 7 rings (SSSR count). The van der Waals surface area contributed by atoms with E-state index in [9.17, 15) is 27.9 Å². The molecule has 0 spiro atoms. The van der Waals surface area contributed by atoms with Gasteiger partial charge in [-0.3, -0.25) is 4.79 Å². The number of benzene rings is 1. The van der Waals surface area contributed by atoms with Crippen molar-refractivity contribution in [3.63, 3.8) is 0 Å². The molecule has 5 aliphatic rings. The lowest BCUT2D eigenvalue weighted by Crippen LogP contribution is -2.48. The average molecular weight is 446 g/mol. The van der Waals surface area contributed by atoms with Gasteiger partial charge in [0.05, 0.1) is 5.92 Å². The van der Waals surface area contributed by atoms with Gasteiger partial charge in [0.15, 0.2) is 16.8 Å². The van der Waals surface area contributed by atoms with Crippen LogP contribution in [0.4, 0.5) is 13.2 Å². The predicted molar refractivity (Wildman–Crippen MR) is 102 cm³/mol. The Bertz CT molecular complexity index is 1270. The second kappa shape index (κ2) is 5.57. The quantitative estimate of drug-likeness (QED) is 0.431. The highest BCUT2D eigenvalue weighted by molar-refractivity contribution is 6.16. The van der Waals surface area contributed by atoms with E-state index in [1.54, 1.807) is 0 Å². The fraction of sp³-hybridized carbons (Fsp3) is 0.478. The van der Waals surface area contributed by atoms with E-state index in [2.05, 4.69) is 6.08 Å². The van der Waals surface area contributed by atoms with Crippen LogP contribution in [0, 0.1) is 29.6 Å². The van der Waals surface area contributed by atoms with Crippen LogP contribution in [0.25, 0.3) is 16.7 Å². The number of esters is 2. The molecule has 2 fully saturated rings. The number of furan rings is 2. The van der Waals surface area contributed by atoms with Crippen LogP contribution in [-0.4, -0.2) is 28.8 Å². The van der Waals surface area contributed by atoms with Crippen LogP contribution in [0.2, 0.25) is 0 Å². The van der Waals surface area contributed by atoms with E-state index >= 15 is 0 Å². The Morgan fingerprint density at radius 1 is 1.16 bits per heavy atom. The third kappa shape index (κ3) is 2.10. The Morgan fingerprint density at radius 3 is 2.59 bits per heavy atom. The summed E-state index contributed by atoms with van der Waals surface area (Å²) in [5.41, 5.74) is -1.46. The van der Waals surface area contributed by atoms with Gasteiger partial charge in [0.25, 0.3) is 0 Å². The van der Waals surface area contributed by atoms with Gasteiger partial charge >= 0.3 is 18.1 Å². The van der Waals surface area contributed by atoms with Gasteiger partial charge in [-0.25, -0.2) is 4.79 Å². The number of alkyl halides is 3. The maximum atomic E-state index is 13.4. The van der Waals surface area contributed by atoms with Gasteiger partial charge in [0, 0.05) is 11.5 Å². The van der Waals surface area contributed by atoms with E-state index in [1.807, 2.05) is 6.08 Å². The molecule has 32 heavy (non-hydrogen) atoms. The number of ether oxygens (including phenoxy) is 2. The molecule has 0 amide bonds. The van der Waals surface area contributed by atoms with Crippen LogP contribution >= 0.6 is 0 Å². The summed E-state index contributed by atoms with van der Waals surface area (Å²) in [5, 5.41) is 10.2. The number of hydrogen-bond acceptors (Lipinski definition) is 6. The lowest BCUT2D eigenvalue weighted by atomic mass is 9.82. The monoisotopic (exact) mass is 446 g/mol. The first-order valence-electron chi connectivity index (χ1n) is 10.7. The Balaban J connectivity index is 1.27. The lowest BCUT2D eigenvalue weighted by molar-refractivity contribution is -0.268. The highest BCUT2D eigenvalue weighted by Gasteiger charge is 2.65. The molecule has 2 aromatic rings. The molecule has 1 aliphatic heterocycles. The van der Waals surface area contributed by atoms with E-state index in [1.165, 1.54) is 6.08 Å². The number of carbonyl (C=O) groups excluding carboxylic acids is 2. The molecule has 4 aliphatic carbocycles. The van der Waals surface area contributed by atoms with E-state index in [-0.39, 0.29) is 46.5 Å². The van der Waals surface area contributed by atoms with E-state index in [4.69, 9.17) is 13.9 Å². The second-order valence-corrected chi connectivity index (χ2v) is 9.65. The molecule has 6 atom stereocenters. The summed E-state index contributed by atoms with van der Waals surface area (Å²) in [4.78, 5) is 25.4. The topological polar surface area (TPSA) is 86.0 Å². The van der Waals surface area contributed by atoms with Crippen LogP contribution in [0.3, 0.4) is 0 Å². The number of carbonyl (C=O) groups is 2. The first-order valence-corrected chi connectivity index (χ1v) is 10.7. The smallest absolute Gasteiger partial charge is 0.417 e. The van der Waals surface area contributed by atoms with Gasteiger partial charge in [0.2, 0.25) is 11.5 Å². The van der Waals surface area contributed by atoms with Crippen molar-refractivity contribution in [1.82, 2.24) is 0 Å². The van der Waals surface area contributed by atoms with E-state index in [0.717, 1.165) is 6.42 Å². The summed E-state index contributed by atoms with van der Waals surface area (Å²) >= 11 is 0. The third-order valence-corrected chi connectivity index (χ3v) is 8.02. The molecule has 0 saturated heterocycles. The number of aliphatic hydroxyl groups is 1. The second-order valence-electron chi connectivity index (χ2n) is 9.65. The first kappa shape index (κ1) is 18.7. The summed E-state index contributed by atoms with van der Waals surface area (Å²) in [6.45, 7) is 0. The Morgan fingerprint density at radius 2 is 1.97 bits per heavy atom. The Kier molecular flexibility index (Phi) is 3.26. The maximum Gasteiger partial charge on any atom is 0.417 e. The standard InChI is InChI=1S/C23H17F3O6/c24-23(25,26)22(29)7-10-5-11(22)6-12(10)14-15-17-19(32-21(15)28)18(16(14)30-17)31-20(27)13-4-8-1-2-9(13)3-8/h1-2,6,8-11,13,29H,3-5,7H2. The molecule has 6 bridgehead atoms. The number of hydrogen-bond donors (Lipinski definition) is 1. The SMILES string of the molecule is O=C1Oc2c(OC(=O)C3CC4C=CC3C4)c3oc2c1c3C1=CC2CC1CC2(O)C(F)(F)F. The summed E-state index contributed by atoms with van der Waals surface area (Å²) in [6.07, 6.45) is 2.04. The fourth-order valence-corrected chi connectivity index (χ4v) is 6.51. The minimum absolute atomic E-state index is 0.0242. The minimum atomic E-state index is -4.74. The van der Waals surface area contributed by atoms with Crippen LogP contribution in [0.5, 0.6) is 11.5 Å². The van der Waals surface area contributed by atoms with Crippen molar-refractivity contribution in [3.05, 3.63) is 29.4 Å². The molecule has 2 saturated carbocycles. The van der Waals surface area contributed by atoms with Crippen molar-refractivity contribution in [2.75, 3.05) is 0 Å². The first-order chi connectivity index (χ1) is 15.2. The lowest BCUT2D eigenvalue weighted by Gasteiger charge is -2.33. The molecule has 6 unspecified atom stereocenters. The highest BCUT2D eigenvalue weighted by atomic mass is 19.4. The van der Waals surface area contributed by atoms with Gasteiger partial charge in [0.1, 0.15) is 5.56 Å². The summed E-state index contributed by atoms with van der Waals surface area (Å²) in [6, 6.07) is 0. The average Bonchev–Trinajstić information content (AvgIpc) is 3.53. The van der Waals surface area contributed by atoms with Gasteiger partial charge < -0.3 is 19.0 Å². The number of fused-ring (bicyclic) bond motifs is 5. The molecule has 6 nitrogen and oxygen atoms in total. The molecule has 9 heteroatoms. The van der Waals surface area contributed by atoms with Crippen molar-refractivity contribution < 1.29 is 41.8 Å². The van der Waals surface area contributed by atoms with Crippen molar-refractivity contribution >= 4 is 28.7 Å². The predicted octanol–water partition coefficient (Wildman–Crippen LogP) is 4.24. The number of halogens is 3. The molecule has 2 aromatic heterocycles. The van der Waals surface area contributed by atoms with Crippen LogP contribution < -0.4 is 9.47 Å². The summed E-state index contributed by atoms with van der Waals surface area (Å²) in [7, 11) is 0. The van der Waals surface area contributed by atoms with Crippen LogP contribution in [0.15, 0.2) is 22.6 Å². The molecule has 1 N–H and O–H groups in total. The van der Waals surface area contributed by atoms with Gasteiger partial charge in [-0.15, -0.1) is 0 Å². The fourth-order valence-electron chi connectivity index (χ4n) is 6.51. The van der Waals surface area contributed by atoms with Crippen LogP contribution in [0.1, 0.15) is 41.6 Å². The molecule has 3 heterocycles. The zero-order valence-corrected chi connectivity index (χ0v) is 16.6. The van der Waals surface area contributed by atoms with E-state index in [0.29, 0.717) is 23.5 Å². The molecule has 0 radical (unpaired) electrons. The molecular formula is C23H17F3O6. The normalized spacial score (nSPS) is 36.6. The molecule has 166 valence electrons. The minimum Gasteiger partial charge on any atom is -0.448 e. The zero-order chi connectivity index (χ0) is 22.2. The Hall–Kier alpha value is -2.81. The largest absolute Gasteiger partial charge is 0.448 e. The summed E-state index contributed by atoms with van der Waals surface area (Å²) < 4.78 is 57.0. The highest BCUT2D eigenvalue weighted by Crippen LogP contribution is 2.62. The Labute approximate surface area is 179 Å².